The van der Waals surface area contributed by atoms with E-state index in [-0.39, 0.29) is 5.78 Å². The van der Waals surface area contributed by atoms with Crippen molar-refractivity contribution in [3.05, 3.63) is 29.8 Å². The summed E-state index contributed by atoms with van der Waals surface area (Å²) in [7, 11) is 1.59. The Morgan fingerprint density at radius 2 is 1.86 bits per heavy atom. The SMILES string of the molecule is COc1ccc(C2C(=O)CCCN2C(=O)OC(C)(C)C)cc1. The fourth-order valence-corrected chi connectivity index (χ4v) is 2.53. The van der Waals surface area contributed by atoms with Gasteiger partial charge in [-0.3, -0.25) is 9.69 Å². The van der Waals surface area contributed by atoms with Crippen LogP contribution in [-0.4, -0.2) is 36.0 Å². The number of benzene rings is 1. The summed E-state index contributed by atoms with van der Waals surface area (Å²) < 4.78 is 10.6. The molecule has 0 aliphatic carbocycles. The van der Waals surface area contributed by atoms with Gasteiger partial charge < -0.3 is 9.47 Å². The second-order valence-electron chi connectivity index (χ2n) is 6.42. The molecule has 22 heavy (non-hydrogen) atoms. The number of hydrogen-bond donors (Lipinski definition) is 0. The Morgan fingerprint density at radius 1 is 1.23 bits per heavy atom. The zero-order valence-electron chi connectivity index (χ0n) is 13.6. The van der Waals surface area contributed by atoms with E-state index in [2.05, 4.69) is 0 Å². The summed E-state index contributed by atoms with van der Waals surface area (Å²) in [6.45, 7) is 5.98. The number of carbonyl (C=O) groups excluding carboxylic acids is 2. The summed E-state index contributed by atoms with van der Waals surface area (Å²) in [5.74, 6) is 0.762. The van der Waals surface area contributed by atoms with Gasteiger partial charge in [0.2, 0.25) is 0 Å². The molecule has 1 amide bonds. The Bertz CT molecular complexity index is 545. The van der Waals surface area contributed by atoms with E-state index in [1.165, 1.54) is 4.90 Å². The molecule has 1 saturated heterocycles. The van der Waals surface area contributed by atoms with Crippen LogP contribution >= 0.6 is 0 Å². The van der Waals surface area contributed by atoms with Gasteiger partial charge in [0.25, 0.3) is 0 Å². The molecule has 1 atom stereocenters. The van der Waals surface area contributed by atoms with Gasteiger partial charge in [-0.15, -0.1) is 0 Å². The third-order valence-corrected chi connectivity index (χ3v) is 3.50. The van der Waals surface area contributed by atoms with E-state index in [9.17, 15) is 9.59 Å². The van der Waals surface area contributed by atoms with Gasteiger partial charge in [0.05, 0.1) is 7.11 Å². The average Bonchev–Trinajstić information content (AvgIpc) is 2.45. The molecule has 0 spiro atoms. The number of Topliss-reactive ketones (excluding diaryl/α,β-unsaturated/α-hetero) is 1. The highest BCUT2D eigenvalue weighted by atomic mass is 16.6. The number of ether oxygens (including phenoxy) is 2. The monoisotopic (exact) mass is 305 g/mol. The zero-order chi connectivity index (χ0) is 16.3. The van der Waals surface area contributed by atoms with Gasteiger partial charge >= 0.3 is 6.09 Å². The number of likely N-dealkylation sites (tertiary alicyclic amines) is 1. The molecule has 120 valence electrons. The van der Waals surface area contributed by atoms with Crippen LogP contribution in [-0.2, 0) is 9.53 Å². The van der Waals surface area contributed by atoms with E-state index in [1.54, 1.807) is 19.2 Å². The van der Waals surface area contributed by atoms with Gasteiger partial charge in [-0.25, -0.2) is 4.79 Å². The lowest BCUT2D eigenvalue weighted by atomic mass is 9.94. The molecule has 1 unspecified atom stereocenters. The highest BCUT2D eigenvalue weighted by Crippen LogP contribution is 2.30. The maximum Gasteiger partial charge on any atom is 0.411 e. The number of carbonyl (C=O) groups is 2. The van der Waals surface area contributed by atoms with Crippen LogP contribution < -0.4 is 4.74 Å². The van der Waals surface area contributed by atoms with Gasteiger partial charge in [0, 0.05) is 13.0 Å². The van der Waals surface area contributed by atoms with Crippen molar-refractivity contribution in [2.45, 2.75) is 45.3 Å². The molecule has 0 N–H and O–H groups in total. The molecule has 0 bridgehead atoms. The van der Waals surface area contributed by atoms with Crippen LogP contribution in [0.2, 0.25) is 0 Å². The van der Waals surface area contributed by atoms with Gasteiger partial charge in [-0.1, -0.05) is 12.1 Å². The van der Waals surface area contributed by atoms with Crippen LogP contribution in [0.15, 0.2) is 24.3 Å². The minimum absolute atomic E-state index is 0.0438. The Morgan fingerprint density at radius 3 is 2.41 bits per heavy atom. The molecule has 2 rings (SSSR count). The van der Waals surface area contributed by atoms with Crippen LogP contribution in [0.1, 0.15) is 45.2 Å². The molecule has 0 radical (unpaired) electrons. The molecule has 5 heteroatoms. The van der Waals surface area contributed by atoms with Crippen LogP contribution in [0, 0.1) is 0 Å². The third kappa shape index (κ3) is 3.78. The van der Waals surface area contributed by atoms with E-state index in [0.29, 0.717) is 19.4 Å². The molecular formula is C17H23NO4. The quantitative estimate of drug-likeness (QED) is 0.841. The summed E-state index contributed by atoms with van der Waals surface area (Å²) in [5.41, 5.74) is 0.207. The molecule has 0 saturated carbocycles. The topological polar surface area (TPSA) is 55.8 Å². The number of hydrogen-bond acceptors (Lipinski definition) is 4. The van der Waals surface area contributed by atoms with Crippen molar-refractivity contribution in [1.82, 2.24) is 4.90 Å². The summed E-state index contributed by atoms with van der Waals surface area (Å²) in [6.07, 6.45) is 0.710. The van der Waals surface area contributed by atoms with Crippen LogP contribution in [0.5, 0.6) is 5.75 Å². The van der Waals surface area contributed by atoms with Crippen LogP contribution in [0.25, 0.3) is 0 Å². The van der Waals surface area contributed by atoms with Crippen molar-refractivity contribution in [3.63, 3.8) is 0 Å². The number of rotatable bonds is 2. The van der Waals surface area contributed by atoms with E-state index in [1.807, 2.05) is 32.9 Å². The van der Waals surface area contributed by atoms with Crippen LogP contribution in [0.3, 0.4) is 0 Å². The molecule has 1 heterocycles. The highest BCUT2D eigenvalue weighted by molar-refractivity contribution is 5.89. The number of amides is 1. The smallest absolute Gasteiger partial charge is 0.411 e. The normalized spacial score (nSPS) is 19.0. The van der Waals surface area contributed by atoms with Crippen molar-refractivity contribution < 1.29 is 19.1 Å². The fraction of sp³-hybridized carbons (Fsp3) is 0.529. The predicted octanol–water partition coefficient (Wildman–Crippen LogP) is 3.34. The molecule has 1 aromatic rings. The van der Waals surface area contributed by atoms with Gasteiger partial charge in [-0.2, -0.15) is 0 Å². The maximum atomic E-state index is 12.4. The molecule has 1 aliphatic heterocycles. The predicted molar refractivity (Wildman–Crippen MR) is 82.9 cm³/mol. The van der Waals surface area contributed by atoms with Crippen molar-refractivity contribution in [2.24, 2.45) is 0 Å². The average molecular weight is 305 g/mol. The van der Waals surface area contributed by atoms with Crippen molar-refractivity contribution in [2.75, 3.05) is 13.7 Å². The number of methoxy groups -OCH3 is 1. The standard InChI is InChI=1S/C17H23NO4/c1-17(2,3)22-16(20)18-11-5-6-14(19)15(18)12-7-9-13(21-4)10-8-12/h7-10,15H,5-6,11H2,1-4H3. The van der Waals surface area contributed by atoms with E-state index < -0.39 is 17.7 Å². The summed E-state index contributed by atoms with van der Waals surface area (Å²) in [5, 5.41) is 0. The Hall–Kier alpha value is -2.04. The van der Waals surface area contributed by atoms with Crippen molar-refractivity contribution >= 4 is 11.9 Å². The first kappa shape index (κ1) is 16.3. The third-order valence-electron chi connectivity index (χ3n) is 3.50. The number of ketones is 1. The van der Waals surface area contributed by atoms with E-state index in [0.717, 1.165) is 11.3 Å². The lowest BCUT2D eigenvalue weighted by Gasteiger charge is -2.36. The number of nitrogens with zero attached hydrogens (tertiary/aromatic N) is 1. The highest BCUT2D eigenvalue weighted by Gasteiger charge is 2.36. The summed E-state index contributed by atoms with van der Waals surface area (Å²) >= 11 is 0. The minimum atomic E-state index is -0.581. The second kappa shape index (κ2) is 6.38. The molecule has 1 fully saturated rings. The first-order chi connectivity index (χ1) is 10.3. The lowest BCUT2D eigenvalue weighted by molar-refractivity contribution is -0.127. The molecular weight excluding hydrogens is 282 g/mol. The lowest BCUT2D eigenvalue weighted by Crippen LogP contribution is -2.45. The second-order valence-corrected chi connectivity index (χ2v) is 6.42. The summed E-state index contributed by atoms with van der Waals surface area (Å²) in [6, 6.07) is 6.66. The Balaban J connectivity index is 2.26. The molecule has 0 aromatic heterocycles. The number of piperidine rings is 1. The van der Waals surface area contributed by atoms with Crippen molar-refractivity contribution in [1.29, 1.82) is 0 Å². The van der Waals surface area contributed by atoms with Gasteiger partial charge in [0.15, 0.2) is 5.78 Å². The van der Waals surface area contributed by atoms with Gasteiger partial charge in [0.1, 0.15) is 17.4 Å². The minimum Gasteiger partial charge on any atom is -0.497 e. The summed E-state index contributed by atoms with van der Waals surface area (Å²) in [4.78, 5) is 26.3. The Kier molecular flexibility index (Phi) is 4.74. The molecule has 1 aromatic carbocycles. The molecule has 5 nitrogen and oxygen atoms in total. The van der Waals surface area contributed by atoms with Crippen molar-refractivity contribution in [3.8, 4) is 5.75 Å². The Labute approximate surface area is 131 Å². The first-order valence-corrected chi connectivity index (χ1v) is 7.48. The van der Waals surface area contributed by atoms with E-state index in [4.69, 9.17) is 9.47 Å². The van der Waals surface area contributed by atoms with E-state index >= 15 is 0 Å². The van der Waals surface area contributed by atoms with Gasteiger partial charge in [-0.05, 0) is 44.9 Å². The zero-order valence-corrected chi connectivity index (χ0v) is 13.6. The first-order valence-electron chi connectivity index (χ1n) is 7.48. The van der Waals surface area contributed by atoms with Crippen LogP contribution in [0.4, 0.5) is 4.79 Å². The molecule has 1 aliphatic rings. The largest absolute Gasteiger partial charge is 0.497 e. The fourth-order valence-electron chi connectivity index (χ4n) is 2.53. The maximum absolute atomic E-state index is 12.4.